The molecule has 0 aliphatic carbocycles. The summed E-state index contributed by atoms with van der Waals surface area (Å²) in [5.41, 5.74) is 5.10. The highest BCUT2D eigenvalue weighted by atomic mass is 35.5. The van der Waals surface area contributed by atoms with Gasteiger partial charge in [-0.05, 0) is 43.5 Å². The van der Waals surface area contributed by atoms with Gasteiger partial charge in [0.15, 0.2) is 0 Å². The van der Waals surface area contributed by atoms with Gasteiger partial charge in [0.25, 0.3) is 0 Å². The van der Waals surface area contributed by atoms with Gasteiger partial charge < -0.3 is 10.1 Å². The predicted octanol–water partition coefficient (Wildman–Crippen LogP) is 5.28. The fraction of sp³-hybridized carbons (Fsp3) is 0.368. The molecule has 1 fully saturated rings. The van der Waals surface area contributed by atoms with Crippen LogP contribution in [0, 0.1) is 12.8 Å². The lowest BCUT2D eigenvalue weighted by Gasteiger charge is -2.43. The van der Waals surface area contributed by atoms with Gasteiger partial charge in [-0.2, -0.15) is 0 Å². The summed E-state index contributed by atoms with van der Waals surface area (Å²) in [7, 11) is 0. The summed E-state index contributed by atoms with van der Waals surface area (Å²) in [5, 5.41) is 4.52. The van der Waals surface area contributed by atoms with Gasteiger partial charge in [0.1, 0.15) is 0 Å². The van der Waals surface area contributed by atoms with Crippen molar-refractivity contribution in [3.8, 4) is 0 Å². The molecule has 0 saturated carbocycles. The maximum Gasteiger partial charge on any atom is 0.0895 e. The molecule has 4 rings (SSSR count). The van der Waals surface area contributed by atoms with Crippen LogP contribution in [0.25, 0.3) is 0 Å². The van der Waals surface area contributed by atoms with Crippen LogP contribution in [-0.2, 0) is 4.74 Å². The Bertz CT molecular complexity index is 682. The highest BCUT2D eigenvalue weighted by Crippen LogP contribution is 2.49. The zero-order valence-electron chi connectivity index (χ0n) is 12.7. The van der Waals surface area contributed by atoms with E-state index in [0.29, 0.717) is 5.92 Å². The van der Waals surface area contributed by atoms with E-state index in [2.05, 4.69) is 42.6 Å². The summed E-state index contributed by atoms with van der Waals surface area (Å²) in [6.45, 7) is 3.01. The lowest BCUT2D eigenvalue weighted by Crippen LogP contribution is -2.36. The van der Waals surface area contributed by atoms with Crippen molar-refractivity contribution in [2.24, 2.45) is 5.92 Å². The van der Waals surface area contributed by atoms with Crippen molar-refractivity contribution >= 4 is 17.3 Å². The van der Waals surface area contributed by atoms with E-state index >= 15 is 0 Å². The average Bonchev–Trinajstić information content (AvgIpc) is 2.55. The quantitative estimate of drug-likeness (QED) is 0.773. The van der Waals surface area contributed by atoms with Crippen molar-refractivity contribution in [2.75, 3.05) is 11.9 Å². The van der Waals surface area contributed by atoms with E-state index in [1.165, 1.54) is 28.8 Å². The molecule has 0 radical (unpaired) electrons. The Balaban J connectivity index is 1.77. The fourth-order valence-electron chi connectivity index (χ4n) is 3.79. The Morgan fingerprint density at radius 1 is 1.14 bits per heavy atom. The van der Waals surface area contributed by atoms with Crippen molar-refractivity contribution in [2.45, 2.75) is 31.9 Å². The molecule has 2 aromatic rings. The number of fused-ring (bicyclic) bond motifs is 3. The first kappa shape index (κ1) is 14.1. The number of hydrogen-bond acceptors (Lipinski definition) is 2. The van der Waals surface area contributed by atoms with E-state index < -0.39 is 0 Å². The van der Waals surface area contributed by atoms with Gasteiger partial charge in [-0.3, -0.25) is 0 Å². The molecule has 0 amide bonds. The maximum atomic E-state index is 6.17. The molecule has 2 nitrogen and oxygen atoms in total. The molecule has 3 atom stereocenters. The summed E-state index contributed by atoms with van der Waals surface area (Å²) < 4.78 is 6.17. The maximum absolute atomic E-state index is 6.17. The topological polar surface area (TPSA) is 21.3 Å². The number of ether oxygens (including phenoxy) is 1. The van der Waals surface area contributed by atoms with Crippen molar-refractivity contribution < 1.29 is 4.74 Å². The smallest absolute Gasteiger partial charge is 0.0895 e. The third-order valence-electron chi connectivity index (χ3n) is 4.85. The monoisotopic (exact) mass is 313 g/mol. The molecule has 22 heavy (non-hydrogen) atoms. The van der Waals surface area contributed by atoms with Gasteiger partial charge >= 0.3 is 0 Å². The standard InChI is InChI=1S/C19H20ClNO/c1-12-4-9-17-16(11-12)19-15(3-2-10-22-19)18(21-17)13-5-7-14(20)8-6-13/h4-9,11,15,18-19,21H,2-3,10H2,1H3/t15-,18?,19-/m0/s1. The number of aryl methyl sites for hydroxylation is 1. The molecule has 0 aromatic heterocycles. The van der Waals surface area contributed by atoms with Crippen molar-refractivity contribution in [1.82, 2.24) is 0 Å². The molecule has 2 aliphatic heterocycles. The number of benzene rings is 2. The molecule has 2 aliphatic rings. The minimum atomic E-state index is 0.200. The lowest BCUT2D eigenvalue weighted by molar-refractivity contribution is -0.0381. The Morgan fingerprint density at radius 2 is 1.95 bits per heavy atom. The van der Waals surface area contributed by atoms with Crippen molar-refractivity contribution in [1.29, 1.82) is 0 Å². The number of halogens is 1. The van der Waals surface area contributed by atoms with Crippen molar-refractivity contribution in [3.05, 3.63) is 64.2 Å². The number of rotatable bonds is 1. The summed E-state index contributed by atoms with van der Waals surface area (Å²) in [6.07, 6.45) is 2.53. The second-order valence-corrected chi connectivity index (χ2v) is 6.80. The van der Waals surface area contributed by atoms with Crippen LogP contribution in [0.3, 0.4) is 0 Å². The molecule has 1 saturated heterocycles. The Kier molecular flexibility index (Phi) is 3.59. The number of hydrogen-bond donors (Lipinski definition) is 1. The third kappa shape index (κ3) is 2.41. The zero-order chi connectivity index (χ0) is 15.1. The van der Waals surface area contributed by atoms with Gasteiger partial charge in [-0.15, -0.1) is 0 Å². The number of anilines is 1. The molecule has 2 heterocycles. The lowest BCUT2D eigenvalue weighted by atomic mass is 9.77. The molecule has 0 spiro atoms. The third-order valence-corrected chi connectivity index (χ3v) is 5.10. The van der Waals surface area contributed by atoms with Gasteiger partial charge in [0.2, 0.25) is 0 Å². The molecular weight excluding hydrogens is 294 g/mol. The normalized spacial score (nSPS) is 26.7. The first-order valence-electron chi connectivity index (χ1n) is 7.96. The predicted molar refractivity (Wildman–Crippen MR) is 90.4 cm³/mol. The number of nitrogens with one attached hydrogen (secondary N) is 1. The molecule has 2 aromatic carbocycles. The first-order valence-corrected chi connectivity index (χ1v) is 8.34. The van der Waals surface area contributed by atoms with E-state index in [-0.39, 0.29) is 12.1 Å². The summed E-state index contributed by atoms with van der Waals surface area (Å²) in [5.74, 6) is 0.476. The molecule has 3 heteroatoms. The second kappa shape index (κ2) is 5.60. The molecule has 0 bridgehead atoms. The molecule has 1 unspecified atom stereocenters. The highest BCUT2D eigenvalue weighted by Gasteiger charge is 2.39. The highest BCUT2D eigenvalue weighted by molar-refractivity contribution is 6.30. The minimum Gasteiger partial charge on any atom is -0.378 e. The fourth-order valence-corrected chi connectivity index (χ4v) is 3.92. The average molecular weight is 314 g/mol. The van der Waals surface area contributed by atoms with Gasteiger partial charge in [-0.25, -0.2) is 0 Å². The van der Waals surface area contributed by atoms with Crippen molar-refractivity contribution in [3.63, 3.8) is 0 Å². The summed E-state index contributed by atoms with van der Waals surface area (Å²) >= 11 is 6.04. The zero-order valence-corrected chi connectivity index (χ0v) is 13.4. The van der Waals surface area contributed by atoms with Crippen LogP contribution < -0.4 is 5.32 Å². The summed E-state index contributed by atoms with van der Waals surface area (Å²) in [6, 6.07) is 15.1. The molecular formula is C19H20ClNO. The Morgan fingerprint density at radius 3 is 2.77 bits per heavy atom. The van der Waals surface area contributed by atoms with Gasteiger partial charge in [0, 0.05) is 28.8 Å². The van der Waals surface area contributed by atoms with E-state index in [0.717, 1.165) is 18.1 Å². The van der Waals surface area contributed by atoms with Gasteiger partial charge in [0.05, 0.1) is 12.1 Å². The van der Waals surface area contributed by atoms with Gasteiger partial charge in [-0.1, -0.05) is 41.4 Å². The van der Waals surface area contributed by atoms with Crippen LogP contribution in [0.2, 0.25) is 5.02 Å². The Labute approximate surface area is 136 Å². The van der Waals surface area contributed by atoms with Crippen LogP contribution >= 0.6 is 11.6 Å². The van der Waals surface area contributed by atoms with E-state index in [9.17, 15) is 0 Å². The Hall–Kier alpha value is -1.51. The molecule has 1 N–H and O–H groups in total. The molecule has 114 valence electrons. The van der Waals surface area contributed by atoms with Crippen LogP contribution in [0.4, 0.5) is 5.69 Å². The van der Waals surface area contributed by atoms with Crippen LogP contribution in [0.5, 0.6) is 0 Å². The SMILES string of the molecule is Cc1ccc2c(c1)[C@H]1OCCC[C@H]1C(c1ccc(Cl)cc1)N2. The van der Waals surface area contributed by atoms with Crippen LogP contribution in [-0.4, -0.2) is 6.61 Å². The minimum absolute atomic E-state index is 0.200. The second-order valence-electron chi connectivity index (χ2n) is 6.36. The van der Waals surface area contributed by atoms with Crippen LogP contribution in [0.15, 0.2) is 42.5 Å². The first-order chi connectivity index (χ1) is 10.7. The van der Waals surface area contributed by atoms with E-state index in [4.69, 9.17) is 16.3 Å². The summed E-state index contributed by atoms with van der Waals surface area (Å²) in [4.78, 5) is 0. The van der Waals surface area contributed by atoms with E-state index in [1.54, 1.807) is 0 Å². The largest absolute Gasteiger partial charge is 0.378 e. The van der Waals surface area contributed by atoms with Crippen LogP contribution in [0.1, 0.15) is 41.7 Å². The van der Waals surface area contributed by atoms with E-state index in [1.807, 2.05) is 12.1 Å².